The van der Waals surface area contributed by atoms with Crippen LogP contribution >= 0.6 is 0 Å². The van der Waals surface area contributed by atoms with Gasteiger partial charge in [0.25, 0.3) is 0 Å². The van der Waals surface area contributed by atoms with Crippen LogP contribution in [0.5, 0.6) is 0 Å². The van der Waals surface area contributed by atoms with Crippen molar-refractivity contribution in [3.05, 3.63) is 29.8 Å². The molecule has 0 aliphatic carbocycles. The summed E-state index contributed by atoms with van der Waals surface area (Å²) in [4.78, 5) is 25.8. The molecule has 1 aromatic rings. The number of benzene rings is 1. The highest BCUT2D eigenvalue weighted by molar-refractivity contribution is 5.93. The van der Waals surface area contributed by atoms with Crippen molar-refractivity contribution >= 4 is 17.7 Å². The molecule has 0 aromatic heterocycles. The first kappa shape index (κ1) is 15.3. The summed E-state index contributed by atoms with van der Waals surface area (Å²) in [5.74, 6) is -0.371. The number of carbonyl (C=O) groups is 2. The van der Waals surface area contributed by atoms with Gasteiger partial charge in [0.2, 0.25) is 0 Å². The van der Waals surface area contributed by atoms with E-state index in [9.17, 15) is 9.59 Å². The lowest BCUT2D eigenvalue weighted by Gasteiger charge is -2.34. The maximum absolute atomic E-state index is 12.4. The first-order valence-electron chi connectivity index (χ1n) is 7.13. The molecule has 2 rings (SSSR count). The maximum atomic E-state index is 12.4. The second-order valence-electron chi connectivity index (χ2n) is 4.96. The van der Waals surface area contributed by atoms with Crippen LogP contribution in [0.3, 0.4) is 0 Å². The lowest BCUT2D eigenvalue weighted by Crippen LogP contribution is -2.58. The van der Waals surface area contributed by atoms with E-state index in [4.69, 9.17) is 4.74 Å². The van der Waals surface area contributed by atoms with Crippen molar-refractivity contribution in [1.82, 2.24) is 10.2 Å². The summed E-state index contributed by atoms with van der Waals surface area (Å²) in [5.41, 5.74) is 1.79. The van der Waals surface area contributed by atoms with Crippen molar-refractivity contribution < 1.29 is 14.3 Å². The highest BCUT2D eigenvalue weighted by Crippen LogP contribution is 2.13. The molecule has 1 aromatic carbocycles. The van der Waals surface area contributed by atoms with Crippen molar-refractivity contribution in [1.29, 1.82) is 0 Å². The van der Waals surface area contributed by atoms with Gasteiger partial charge in [0.1, 0.15) is 6.04 Å². The van der Waals surface area contributed by atoms with Crippen molar-refractivity contribution in [3.63, 3.8) is 0 Å². The molecule has 1 aliphatic heterocycles. The largest absolute Gasteiger partial charge is 0.464 e. The Morgan fingerprint density at radius 3 is 3.00 bits per heavy atom. The van der Waals surface area contributed by atoms with Crippen LogP contribution < -0.4 is 10.6 Å². The fourth-order valence-corrected chi connectivity index (χ4v) is 2.31. The SMILES string of the molecule is CCOC(=O)C1CNCCN1C(=O)Nc1cccc(C)c1. The Morgan fingerprint density at radius 1 is 1.48 bits per heavy atom. The molecule has 0 saturated carbocycles. The Hall–Kier alpha value is -2.08. The van der Waals surface area contributed by atoms with E-state index in [2.05, 4.69) is 10.6 Å². The van der Waals surface area contributed by atoms with E-state index >= 15 is 0 Å². The molecule has 1 atom stereocenters. The molecule has 21 heavy (non-hydrogen) atoms. The van der Waals surface area contributed by atoms with Crippen LogP contribution in [-0.4, -0.2) is 49.2 Å². The summed E-state index contributed by atoms with van der Waals surface area (Å²) in [5, 5.41) is 5.94. The number of amides is 2. The fourth-order valence-electron chi connectivity index (χ4n) is 2.31. The third-order valence-corrected chi connectivity index (χ3v) is 3.33. The van der Waals surface area contributed by atoms with Crippen molar-refractivity contribution in [2.45, 2.75) is 19.9 Å². The van der Waals surface area contributed by atoms with Crippen molar-refractivity contribution in [3.8, 4) is 0 Å². The van der Waals surface area contributed by atoms with Gasteiger partial charge in [-0.2, -0.15) is 0 Å². The highest BCUT2D eigenvalue weighted by atomic mass is 16.5. The number of esters is 1. The average Bonchev–Trinajstić information content (AvgIpc) is 2.47. The van der Waals surface area contributed by atoms with Gasteiger partial charge in [-0.15, -0.1) is 0 Å². The van der Waals surface area contributed by atoms with Gasteiger partial charge in [-0.25, -0.2) is 9.59 Å². The maximum Gasteiger partial charge on any atom is 0.330 e. The van der Waals surface area contributed by atoms with Crippen LogP contribution in [0.25, 0.3) is 0 Å². The third-order valence-electron chi connectivity index (χ3n) is 3.33. The molecule has 1 aliphatic rings. The second kappa shape index (κ2) is 7.08. The molecule has 2 amide bonds. The normalized spacial score (nSPS) is 18.2. The topological polar surface area (TPSA) is 70.7 Å². The lowest BCUT2D eigenvalue weighted by atomic mass is 10.2. The summed E-state index contributed by atoms with van der Waals surface area (Å²) in [6.45, 7) is 5.58. The standard InChI is InChI=1S/C15H21N3O3/c1-3-21-14(19)13-10-16-7-8-18(13)15(20)17-12-6-4-5-11(2)9-12/h4-6,9,13,16H,3,7-8,10H2,1-2H3,(H,17,20). The zero-order chi connectivity index (χ0) is 15.2. The van der Waals surface area contributed by atoms with E-state index in [-0.39, 0.29) is 12.0 Å². The summed E-state index contributed by atoms with van der Waals surface area (Å²) in [7, 11) is 0. The van der Waals surface area contributed by atoms with Gasteiger partial charge in [0.15, 0.2) is 0 Å². The quantitative estimate of drug-likeness (QED) is 0.825. The number of carbonyl (C=O) groups excluding carboxylic acids is 2. The predicted octanol–water partition coefficient (Wildman–Crippen LogP) is 1.36. The fraction of sp³-hybridized carbons (Fsp3) is 0.467. The number of hydrogen-bond donors (Lipinski definition) is 2. The van der Waals surface area contributed by atoms with Crippen LogP contribution in [0.4, 0.5) is 10.5 Å². The van der Waals surface area contributed by atoms with Gasteiger partial charge >= 0.3 is 12.0 Å². The van der Waals surface area contributed by atoms with Crippen LogP contribution in [0.2, 0.25) is 0 Å². The van der Waals surface area contributed by atoms with E-state index < -0.39 is 6.04 Å². The van der Waals surface area contributed by atoms with Gasteiger partial charge in [0.05, 0.1) is 6.61 Å². The first-order valence-corrected chi connectivity index (χ1v) is 7.13. The summed E-state index contributed by atoms with van der Waals surface area (Å²) in [6.07, 6.45) is 0. The number of aryl methyl sites for hydroxylation is 1. The number of ether oxygens (including phenoxy) is 1. The van der Waals surface area contributed by atoms with Crippen LogP contribution in [0, 0.1) is 6.92 Å². The van der Waals surface area contributed by atoms with Crippen molar-refractivity contribution in [2.75, 3.05) is 31.6 Å². The molecule has 1 fully saturated rings. The predicted molar refractivity (Wildman–Crippen MR) is 80.2 cm³/mol. The minimum absolute atomic E-state index is 0.278. The molecule has 0 spiro atoms. The smallest absolute Gasteiger partial charge is 0.330 e. The third kappa shape index (κ3) is 3.95. The monoisotopic (exact) mass is 291 g/mol. The highest BCUT2D eigenvalue weighted by Gasteiger charge is 2.33. The van der Waals surface area contributed by atoms with Gasteiger partial charge in [-0.05, 0) is 31.5 Å². The molecule has 114 valence electrons. The number of piperazine rings is 1. The van der Waals surface area contributed by atoms with Crippen LogP contribution in [0.15, 0.2) is 24.3 Å². The second-order valence-corrected chi connectivity index (χ2v) is 4.96. The Balaban J connectivity index is 2.06. The average molecular weight is 291 g/mol. The minimum Gasteiger partial charge on any atom is -0.464 e. The minimum atomic E-state index is -0.580. The Labute approximate surface area is 124 Å². The van der Waals surface area contributed by atoms with E-state index in [1.807, 2.05) is 31.2 Å². The number of anilines is 1. The van der Waals surface area contributed by atoms with Crippen molar-refractivity contribution in [2.24, 2.45) is 0 Å². The Kier molecular flexibility index (Phi) is 5.16. The molecule has 6 nitrogen and oxygen atoms in total. The van der Waals surface area contributed by atoms with E-state index in [0.29, 0.717) is 26.2 Å². The molecule has 0 bridgehead atoms. The van der Waals surface area contributed by atoms with Gasteiger partial charge in [-0.3, -0.25) is 0 Å². The molecule has 1 heterocycles. The van der Waals surface area contributed by atoms with Crippen LogP contribution in [0.1, 0.15) is 12.5 Å². The van der Waals surface area contributed by atoms with Gasteiger partial charge in [-0.1, -0.05) is 12.1 Å². The number of urea groups is 1. The van der Waals surface area contributed by atoms with E-state index in [1.165, 1.54) is 4.90 Å². The number of nitrogens with zero attached hydrogens (tertiary/aromatic N) is 1. The number of nitrogens with one attached hydrogen (secondary N) is 2. The molecule has 6 heteroatoms. The number of hydrogen-bond acceptors (Lipinski definition) is 4. The Bertz CT molecular complexity index is 519. The van der Waals surface area contributed by atoms with Gasteiger partial charge < -0.3 is 20.3 Å². The Morgan fingerprint density at radius 2 is 2.29 bits per heavy atom. The lowest BCUT2D eigenvalue weighted by molar-refractivity contribution is -0.148. The molecular weight excluding hydrogens is 270 g/mol. The summed E-state index contributed by atoms with van der Waals surface area (Å²) >= 11 is 0. The van der Waals surface area contributed by atoms with Crippen LogP contribution in [-0.2, 0) is 9.53 Å². The zero-order valence-corrected chi connectivity index (χ0v) is 12.4. The molecular formula is C15H21N3O3. The van der Waals surface area contributed by atoms with E-state index in [0.717, 1.165) is 11.3 Å². The summed E-state index contributed by atoms with van der Waals surface area (Å²) in [6, 6.07) is 6.70. The van der Waals surface area contributed by atoms with E-state index in [1.54, 1.807) is 6.92 Å². The van der Waals surface area contributed by atoms with Gasteiger partial charge in [0, 0.05) is 25.3 Å². The number of rotatable bonds is 3. The molecule has 1 saturated heterocycles. The first-order chi connectivity index (χ1) is 10.1. The zero-order valence-electron chi connectivity index (χ0n) is 12.4. The molecule has 2 N–H and O–H groups in total. The molecule has 0 radical (unpaired) electrons. The summed E-state index contributed by atoms with van der Waals surface area (Å²) < 4.78 is 5.03. The molecule has 1 unspecified atom stereocenters.